The molecule has 0 atom stereocenters. The third-order valence-corrected chi connectivity index (χ3v) is 4.15. The first kappa shape index (κ1) is 16.4. The fourth-order valence-electron chi connectivity index (χ4n) is 2.86. The van der Waals surface area contributed by atoms with E-state index in [0.29, 0.717) is 0 Å². The molecule has 0 aliphatic carbocycles. The average molecular weight is 321 g/mol. The van der Waals surface area contributed by atoms with E-state index in [0.717, 1.165) is 33.8 Å². The predicted molar refractivity (Wildman–Crippen MR) is 96.3 cm³/mol. The average Bonchev–Trinajstić information content (AvgIpc) is 2.85. The van der Waals surface area contributed by atoms with Gasteiger partial charge in [0.1, 0.15) is 0 Å². The Balaban J connectivity index is 2.21. The van der Waals surface area contributed by atoms with Crippen LogP contribution in [-0.4, -0.2) is 19.9 Å². The van der Waals surface area contributed by atoms with Crippen molar-refractivity contribution in [2.45, 2.75) is 40.2 Å². The Labute approximate surface area is 142 Å². The van der Waals surface area contributed by atoms with Gasteiger partial charge in [-0.25, -0.2) is 4.68 Å². The zero-order chi connectivity index (χ0) is 17.5. The lowest BCUT2D eigenvalue weighted by Gasteiger charge is -2.19. The first-order valence-corrected chi connectivity index (χ1v) is 8.08. The molecule has 1 N–H and O–H groups in total. The minimum absolute atomic E-state index is 0.792. The molecule has 0 saturated heterocycles. The van der Waals surface area contributed by atoms with E-state index < -0.39 is 5.60 Å². The molecule has 0 radical (unpaired) electrons. The van der Waals surface area contributed by atoms with Crippen LogP contribution < -0.4 is 0 Å². The van der Waals surface area contributed by atoms with Gasteiger partial charge in [-0.2, -0.15) is 5.10 Å². The number of aryl methyl sites for hydroxylation is 3. The van der Waals surface area contributed by atoms with Crippen LogP contribution in [0.15, 0.2) is 42.7 Å². The molecule has 3 aromatic rings. The van der Waals surface area contributed by atoms with Crippen LogP contribution in [0.5, 0.6) is 0 Å². The minimum Gasteiger partial charge on any atom is -0.386 e. The lowest BCUT2D eigenvalue weighted by molar-refractivity contribution is 0.0783. The van der Waals surface area contributed by atoms with E-state index in [-0.39, 0.29) is 0 Å². The SMILES string of the molecule is Cc1ccc(-c2cncc(C(C)(C)O)c2)c(-n2nc(C)cc2C)c1. The van der Waals surface area contributed by atoms with Gasteiger partial charge in [-0.1, -0.05) is 12.1 Å². The molecule has 0 spiro atoms. The highest BCUT2D eigenvalue weighted by atomic mass is 16.3. The summed E-state index contributed by atoms with van der Waals surface area (Å²) in [5.41, 5.74) is 6.16. The van der Waals surface area contributed by atoms with Gasteiger partial charge in [-0.15, -0.1) is 0 Å². The van der Waals surface area contributed by atoms with E-state index in [1.54, 1.807) is 20.0 Å². The number of aromatic nitrogens is 3. The molecule has 24 heavy (non-hydrogen) atoms. The molecular formula is C20H23N3O. The van der Waals surface area contributed by atoms with E-state index >= 15 is 0 Å². The summed E-state index contributed by atoms with van der Waals surface area (Å²) in [4.78, 5) is 4.32. The first-order chi connectivity index (χ1) is 11.3. The number of hydrogen-bond acceptors (Lipinski definition) is 3. The summed E-state index contributed by atoms with van der Waals surface area (Å²) in [5, 5.41) is 14.9. The molecule has 4 nitrogen and oxygen atoms in total. The molecule has 0 amide bonds. The lowest BCUT2D eigenvalue weighted by atomic mass is 9.96. The van der Waals surface area contributed by atoms with E-state index in [1.807, 2.05) is 23.9 Å². The summed E-state index contributed by atoms with van der Waals surface area (Å²) in [6.45, 7) is 9.66. The Morgan fingerprint density at radius 3 is 2.38 bits per heavy atom. The predicted octanol–water partition coefficient (Wildman–Crippen LogP) is 4.09. The molecule has 0 unspecified atom stereocenters. The Morgan fingerprint density at radius 2 is 1.75 bits per heavy atom. The topological polar surface area (TPSA) is 50.9 Å². The van der Waals surface area contributed by atoms with Gasteiger partial charge >= 0.3 is 0 Å². The normalized spacial score (nSPS) is 11.8. The van der Waals surface area contributed by atoms with Gasteiger partial charge in [0, 0.05) is 34.8 Å². The van der Waals surface area contributed by atoms with Crippen LogP contribution in [0.3, 0.4) is 0 Å². The maximum Gasteiger partial charge on any atom is 0.0855 e. The Morgan fingerprint density at radius 1 is 1.00 bits per heavy atom. The van der Waals surface area contributed by atoms with Crippen LogP contribution in [-0.2, 0) is 5.60 Å². The van der Waals surface area contributed by atoms with Gasteiger partial charge in [-0.3, -0.25) is 4.98 Å². The van der Waals surface area contributed by atoms with Gasteiger partial charge in [0.25, 0.3) is 0 Å². The summed E-state index contributed by atoms with van der Waals surface area (Å²) in [6, 6.07) is 10.4. The minimum atomic E-state index is -0.925. The monoisotopic (exact) mass is 321 g/mol. The molecule has 0 aliphatic rings. The van der Waals surface area contributed by atoms with Crippen LogP contribution in [0, 0.1) is 20.8 Å². The summed E-state index contributed by atoms with van der Waals surface area (Å²) in [6.07, 6.45) is 3.54. The second-order valence-corrected chi connectivity index (χ2v) is 6.88. The zero-order valence-electron chi connectivity index (χ0n) is 14.8. The summed E-state index contributed by atoms with van der Waals surface area (Å²) in [5.74, 6) is 0. The molecule has 0 aliphatic heterocycles. The molecule has 0 saturated carbocycles. The highest BCUT2D eigenvalue weighted by Gasteiger charge is 2.18. The largest absolute Gasteiger partial charge is 0.386 e. The van der Waals surface area contributed by atoms with Crippen LogP contribution in [0.1, 0.15) is 36.4 Å². The van der Waals surface area contributed by atoms with Crippen molar-refractivity contribution >= 4 is 0 Å². The number of hydrogen-bond donors (Lipinski definition) is 1. The van der Waals surface area contributed by atoms with Gasteiger partial charge < -0.3 is 5.11 Å². The number of rotatable bonds is 3. The lowest BCUT2D eigenvalue weighted by Crippen LogP contribution is -2.15. The fourth-order valence-corrected chi connectivity index (χ4v) is 2.86. The van der Waals surface area contributed by atoms with Crippen molar-refractivity contribution in [3.05, 3.63) is 65.2 Å². The summed E-state index contributed by atoms with van der Waals surface area (Å²) >= 11 is 0. The third-order valence-electron chi connectivity index (χ3n) is 4.15. The molecule has 3 rings (SSSR count). The zero-order valence-corrected chi connectivity index (χ0v) is 14.8. The molecule has 4 heteroatoms. The van der Waals surface area contributed by atoms with Crippen molar-refractivity contribution in [2.75, 3.05) is 0 Å². The fraction of sp³-hybridized carbons (Fsp3) is 0.300. The van der Waals surface area contributed by atoms with Crippen LogP contribution in [0.25, 0.3) is 16.8 Å². The maximum atomic E-state index is 10.3. The summed E-state index contributed by atoms with van der Waals surface area (Å²) < 4.78 is 1.97. The molecule has 2 aromatic heterocycles. The van der Waals surface area contributed by atoms with Gasteiger partial charge in [0.15, 0.2) is 0 Å². The van der Waals surface area contributed by atoms with Gasteiger partial charge in [0.2, 0.25) is 0 Å². The van der Waals surface area contributed by atoms with Crippen LogP contribution in [0.4, 0.5) is 0 Å². The van der Waals surface area contributed by atoms with E-state index in [4.69, 9.17) is 0 Å². The molecule has 2 heterocycles. The van der Waals surface area contributed by atoms with Crippen molar-refractivity contribution in [1.82, 2.24) is 14.8 Å². The Kier molecular flexibility index (Phi) is 4.01. The smallest absolute Gasteiger partial charge is 0.0855 e. The van der Waals surface area contributed by atoms with Crippen LogP contribution in [0.2, 0.25) is 0 Å². The second kappa shape index (κ2) is 5.87. The first-order valence-electron chi connectivity index (χ1n) is 8.08. The number of pyridine rings is 1. The standard InChI is InChI=1S/C20H23N3O/c1-13-6-7-18(16-10-17(12-21-11-16)20(4,5)24)19(8-13)23-15(3)9-14(2)22-23/h6-12,24H,1-5H3. The molecule has 124 valence electrons. The number of nitrogens with zero attached hydrogens (tertiary/aromatic N) is 3. The van der Waals surface area contributed by atoms with Crippen molar-refractivity contribution in [1.29, 1.82) is 0 Å². The Bertz CT molecular complexity index is 888. The Hall–Kier alpha value is -2.46. The number of aliphatic hydroxyl groups is 1. The van der Waals surface area contributed by atoms with E-state index in [2.05, 4.69) is 48.2 Å². The van der Waals surface area contributed by atoms with Crippen molar-refractivity contribution < 1.29 is 5.11 Å². The molecule has 0 bridgehead atoms. The van der Waals surface area contributed by atoms with Crippen molar-refractivity contribution in [3.8, 4) is 16.8 Å². The number of benzene rings is 1. The van der Waals surface area contributed by atoms with E-state index in [9.17, 15) is 5.11 Å². The van der Waals surface area contributed by atoms with Gasteiger partial charge in [0.05, 0.1) is 17.0 Å². The molecular weight excluding hydrogens is 298 g/mol. The molecule has 1 aromatic carbocycles. The highest BCUT2D eigenvalue weighted by Crippen LogP contribution is 2.30. The summed E-state index contributed by atoms with van der Waals surface area (Å²) in [7, 11) is 0. The van der Waals surface area contributed by atoms with Crippen molar-refractivity contribution in [2.24, 2.45) is 0 Å². The van der Waals surface area contributed by atoms with Crippen LogP contribution >= 0.6 is 0 Å². The second-order valence-electron chi connectivity index (χ2n) is 6.88. The van der Waals surface area contributed by atoms with E-state index in [1.165, 1.54) is 5.56 Å². The third kappa shape index (κ3) is 3.10. The van der Waals surface area contributed by atoms with Crippen molar-refractivity contribution in [3.63, 3.8) is 0 Å². The maximum absolute atomic E-state index is 10.3. The highest BCUT2D eigenvalue weighted by molar-refractivity contribution is 5.73. The quantitative estimate of drug-likeness (QED) is 0.790. The molecule has 0 fully saturated rings. The van der Waals surface area contributed by atoms with Gasteiger partial charge in [-0.05, 0) is 58.4 Å².